The first-order valence-electron chi connectivity index (χ1n) is 4.56. The first-order chi connectivity index (χ1) is 7.41. The van der Waals surface area contributed by atoms with Gasteiger partial charge in [-0.1, -0.05) is 0 Å². The molecule has 0 radical (unpaired) electrons. The van der Waals surface area contributed by atoms with Crippen LogP contribution in [0.5, 0.6) is 5.75 Å². The predicted molar refractivity (Wildman–Crippen MR) is 55.0 cm³/mol. The summed E-state index contributed by atoms with van der Waals surface area (Å²) in [5.41, 5.74) is -0.369. The first kappa shape index (κ1) is 12.1. The largest absolute Gasteiger partial charge is 0.508 e. The number of nitro benzene ring substituents is 1. The fourth-order valence-corrected chi connectivity index (χ4v) is 1.36. The van der Waals surface area contributed by atoms with Crippen LogP contribution >= 0.6 is 0 Å². The van der Waals surface area contributed by atoms with E-state index in [2.05, 4.69) is 0 Å². The summed E-state index contributed by atoms with van der Waals surface area (Å²) in [5.74, 6) is -0.478. The number of phenolic OH excluding ortho intramolecular Hbond substituents is 1. The Labute approximate surface area is 91.3 Å². The van der Waals surface area contributed by atoms with Crippen LogP contribution in [0.3, 0.4) is 0 Å². The monoisotopic (exact) mass is 225 g/mol. The maximum atomic E-state index is 10.8. The van der Waals surface area contributed by atoms with Gasteiger partial charge in [0.25, 0.3) is 5.69 Å². The zero-order valence-electron chi connectivity index (χ0n) is 8.58. The van der Waals surface area contributed by atoms with Crippen molar-refractivity contribution in [3.8, 4) is 5.75 Å². The summed E-state index contributed by atoms with van der Waals surface area (Å²) in [4.78, 5) is 20.8. The Kier molecular flexibility index (Phi) is 3.57. The van der Waals surface area contributed by atoms with E-state index >= 15 is 0 Å². The highest BCUT2D eigenvalue weighted by Crippen LogP contribution is 2.30. The third-order valence-corrected chi connectivity index (χ3v) is 2.05. The third kappa shape index (κ3) is 2.77. The number of carbonyl (C=O) groups is 1. The van der Waals surface area contributed by atoms with E-state index in [0.29, 0.717) is 0 Å². The molecule has 0 amide bonds. The second kappa shape index (κ2) is 4.71. The van der Waals surface area contributed by atoms with Gasteiger partial charge in [-0.05, 0) is 19.1 Å². The summed E-state index contributed by atoms with van der Waals surface area (Å²) >= 11 is 0. The number of rotatable bonds is 4. The van der Waals surface area contributed by atoms with Crippen LogP contribution in [0.2, 0.25) is 0 Å². The predicted octanol–water partition coefficient (Wildman–Crippen LogP) is 1.31. The van der Waals surface area contributed by atoms with E-state index in [0.717, 1.165) is 18.2 Å². The van der Waals surface area contributed by atoms with Gasteiger partial charge in [0.15, 0.2) is 0 Å². The fourth-order valence-electron chi connectivity index (χ4n) is 1.36. The maximum absolute atomic E-state index is 10.8. The second-order valence-corrected chi connectivity index (χ2v) is 3.42. The molecule has 0 unspecified atom stereocenters. The molecule has 86 valence electrons. The van der Waals surface area contributed by atoms with Gasteiger partial charge in [0.05, 0.1) is 16.6 Å². The van der Waals surface area contributed by atoms with Crippen molar-refractivity contribution in [2.45, 2.75) is 19.4 Å². The van der Waals surface area contributed by atoms with Gasteiger partial charge < -0.3 is 10.2 Å². The number of Topliss-reactive ketones (excluding diaryl/α,β-unsaturated/α-hetero) is 1. The van der Waals surface area contributed by atoms with Gasteiger partial charge in [0.2, 0.25) is 0 Å². The molecule has 0 saturated heterocycles. The molecular formula is C10H11NO5. The average molecular weight is 225 g/mol. The Morgan fingerprint density at radius 1 is 1.56 bits per heavy atom. The number of hydrogen-bond donors (Lipinski definition) is 2. The molecule has 0 aliphatic rings. The van der Waals surface area contributed by atoms with E-state index in [9.17, 15) is 25.1 Å². The van der Waals surface area contributed by atoms with Gasteiger partial charge in [0, 0.05) is 12.5 Å². The Balaban J connectivity index is 3.13. The SMILES string of the molecule is CC(=O)C[C@@H](O)c1cc(O)ccc1[N+](=O)[O-]. The number of nitro groups is 1. The van der Waals surface area contributed by atoms with E-state index in [1.807, 2.05) is 0 Å². The van der Waals surface area contributed by atoms with Gasteiger partial charge in [-0.3, -0.25) is 14.9 Å². The Morgan fingerprint density at radius 3 is 2.69 bits per heavy atom. The topological polar surface area (TPSA) is 101 Å². The minimum atomic E-state index is -1.27. The molecule has 1 aromatic carbocycles. The van der Waals surface area contributed by atoms with E-state index in [4.69, 9.17) is 0 Å². The van der Waals surface area contributed by atoms with Crippen LogP contribution in [0.4, 0.5) is 5.69 Å². The van der Waals surface area contributed by atoms with Gasteiger partial charge in [0.1, 0.15) is 11.5 Å². The van der Waals surface area contributed by atoms with Crippen LogP contribution in [0.15, 0.2) is 18.2 Å². The lowest BCUT2D eigenvalue weighted by Gasteiger charge is -2.09. The van der Waals surface area contributed by atoms with Crippen molar-refractivity contribution in [2.24, 2.45) is 0 Å². The molecule has 0 aliphatic heterocycles. The molecular weight excluding hydrogens is 214 g/mol. The normalized spacial score (nSPS) is 12.1. The molecule has 2 N–H and O–H groups in total. The number of benzene rings is 1. The zero-order chi connectivity index (χ0) is 12.3. The van der Waals surface area contributed by atoms with Crippen LogP contribution in [-0.4, -0.2) is 20.9 Å². The highest BCUT2D eigenvalue weighted by atomic mass is 16.6. The number of carbonyl (C=O) groups excluding carboxylic acids is 1. The Hall–Kier alpha value is -1.95. The van der Waals surface area contributed by atoms with E-state index in [-0.39, 0.29) is 29.2 Å². The van der Waals surface area contributed by atoms with Crippen molar-refractivity contribution in [1.29, 1.82) is 0 Å². The summed E-state index contributed by atoms with van der Waals surface area (Å²) in [6.07, 6.45) is -1.49. The lowest BCUT2D eigenvalue weighted by atomic mass is 10.0. The van der Waals surface area contributed by atoms with Gasteiger partial charge in [-0.2, -0.15) is 0 Å². The molecule has 0 heterocycles. The van der Waals surface area contributed by atoms with Crippen molar-refractivity contribution in [3.63, 3.8) is 0 Å². The molecule has 0 aliphatic carbocycles. The van der Waals surface area contributed by atoms with Gasteiger partial charge in [-0.15, -0.1) is 0 Å². The average Bonchev–Trinajstić information content (AvgIpc) is 2.15. The minimum absolute atomic E-state index is 0.0554. The number of aromatic hydroxyl groups is 1. The standard InChI is InChI=1S/C10H11NO5/c1-6(12)4-10(14)8-5-7(13)2-3-9(8)11(15)16/h2-3,5,10,13-14H,4H2,1H3/t10-/m1/s1. The molecule has 0 spiro atoms. The number of nitrogens with zero attached hydrogens (tertiary/aromatic N) is 1. The highest BCUT2D eigenvalue weighted by Gasteiger charge is 2.21. The van der Waals surface area contributed by atoms with Crippen LogP contribution in [0.1, 0.15) is 25.0 Å². The van der Waals surface area contributed by atoms with Crippen LogP contribution in [0.25, 0.3) is 0 Å². The van der Waals surface area contributed by atoms with Crippen LogP contribution in [0, 0.1) is 10.1 Å². The molecule has 1 atom stereocenters. The van der Waals surface area contributed by atoms with Gasteiger partial charge in [-0.25, -0.2) is 0 Å². The molecule has 0 saturated carbocycles. The summed E-state index contributed by atoms with van der Waals surface area (Å²) in [5, 5.41) is 29.4. The number of aliphatic hydroxyl groups excluding tert-OH is 1. The molecule has 0 bridgehead atoms. The van der Waals surface area contributed by atoms with Crippen molar-refractivity contribution in [1.82, 2.24) is 0 Å². The van der Waals surface area contributed by atoms with E-state index < -0.39 is 11.0 Å². The number of hydrogen-bond acceptors (Lipinski definition) is 5. The second-order valence-electron chi connectivity index (χ2n) is 3.42. The third-order valence-electron chi connectivity index (χ3n) is 2.05. The van der Waals surface area contributed by atoms with Gasteiger partial charge >= 0.3 is 0 Å². The fraction of sp³-hybridized carbons (Fsp3) is 0.300. The van der Waals surface area contributed by atoms with E-state index in [1.165, 1.54) is 6.92 Å². The molecule has 0 fully saturated rings. The number of phenols is 1. The first-order valence-corrected chi connectivity index (χ1v) is 4.56. The smallest absolute Gasteiger partial charge is 0.275 e. The minimum Gasteiger partial charge on any atom is -0.508 e. The number of ketones is 1. The summed E-state index contributed by atoms with van der Waals surface area (Å²) in [6, 6.07) is 3.34. The van der Waals surface area contributed by atoms with Crippen molar-refractivity contribution < 1.29 is 19.9 Å². The summed E-state index contributed by atoms with van der Waals surface area (Å²) < 4.78 is 0. The van der Waals surface area contributed by atoms with Crippen molar-refractivity contribution >= 4 is 11.5 Å². The summed E-state index contributed by atoms with van der Waals surface area (Å²) in [6.45, 7) is 1.28. The van der Waals surface area contributed by atoms with Crippen LogP contribution < -0.4 is 0 Å². The van der Waals surface area contributed by atoms with Crippen LogP contribution in [-0.2, 0) is 4.79 Å². The molecule has 16 heavy (non-hydrogen) atoms. The highest BCUT2D eigenvalue weighted by molar-refractivity contribution is 5.76. The molecule has 1 aromatic rings. The summed E-state index contributed by atoms with van der Waals surface area (Å²) in [7, 11) is 0. The molecule has 6 heteroatoms. The molecule has 6 nitrogen and oxygen atoms in total. The molecule has 0 aromatic heterocycles. The Morgan fingerprint density at radius 2 is 2.19 bits per heavy atom. The zero-order valence-corrected chi connectivity index (χ0v) is 8.58. The lowest BCUT2D eigenvalue weighted by Crippen LogP contribution is -2.06. The maximum Gasteiger partial charge on any atom is 0.275 e. The van der Waals surface area contributed by atoms with E-state index in [1.54, 1.807) is 0 Å². The van der Waals surface area contributed by atoms with Crippen molar-refractivity contribution in [3.05, 3.63) is 33.9 Å². The lowest BCUT2D eigenvalue weighted by molar-refractivity contribution is -0.386. The Bertz CT molecular complexity index is 429. The quantitative estimate of drug-likeness (QED) is 0.594. The molecule has 1 rings (SSSR count). The number of aliphatic hydroxyl groups is 1. The van der Waals surface area contributed by atoms with Crippen molar-refractivity contribution in [2.75, 3.05) is 0 Å².